The van der Waals surface area contributed by atoms with Crippen LogP contribution in [-0.2, 0) is 18.9 Å². The molecule has 1 aliphatic rings. The van der Waals surface area contributed by atoms with E-state index in [1.807, 2.05) is 29.7 Å². The molecule has 10 heteroatoms. The number of hydrogen-bond donors (Lipinski definition) is 0. The van der Waals surface area contributed by atoms with Crippen LogP contribution in [0.3, 0.4) is 0 Å². The monoisotopic (exact) mass is 470 g/mol. The maximum atomic E-state index is 13.0. The third-order valence-electron chi connectivity index (χ3n) is 4.81. The van der Waals surface area contributed by atoms with E-state index in [2.05, 4.69) is 15.6 Å². The Morgan fingerprint density at radius 3 is 2.81 bits per heavy atom. The summed E-state index contributed by atoms with van der Waals surface area (Å²) in [6.07, 6.45) is 0. The second-order valence-corrected chi connectivity index (χ2v) is 8.69. The molecular weight excluding hydrogens is 451 g/mol. The van der Waals surface area contributed by atoms with Crippen molar-refractivity contribution in [2.75, 3.05) is 6.79 Å². The van der Waals surface area contributed by atoms with Crippen LogP contribution in [0.5, 0.6) is 17.2 Å². The van der Waals surface area contributed by atoms with Gasteiger partial charge in [0.25, 0.3) is 0 Å². The average Bonchev–Trinajstić information content (AvgIpc) is 3.55. The topological polar surface area (TPSA) is 71.3 Å². The molecule has 32 heavy (non-hydrogen) atoms. The van der Waals surface area contributed by atoms with Crippen molar-refractivity contribution in [2.24, 2.45) is 0 Å². The molecule has 0 radical (unpaired) electrons. The van der Waals surface area contributed by atoms with Crippen LogP contribution in [0, 0.1) is 5.82 Å². The van der Waals surface area contributed by atoms with Gasteiger partial charge in [0, 0.05) is 23.2 Å². The fraction of sp³-hybridized carbons (Fsp3) is 0.227. The molecule has 0 N–H and O–H groups in total. The van der Waals surface area contributed by atoms with Gasteiger partial charge >= 0.3 is 0 Å². The van der Waals surface area contributed by atoms with Crippen molar-refractivity contribution < 1.29 is 18.6 Å². The number of rotatable bonds is 8. The molecule has 7 nitrogen and oxygen atoms in total. The lowest BCUT2D eigenvalue weighted by Gasteiger charge is -2.08. The third-order valence-corrected chi connectivity index (χ3v) is 6.75. The van der Waals surface area contributed by atoms with Gasteiger partial charge in [-0.1, -0.05) is 11.8 Å². The number of aromatic nitrogens is 4. The highest BCUT2D eigenvalue weighted by Gasteiger charge is 2.16. The molecule has 0 atom stereocenters. The predicted octanol–water partition coefficient (Wildman–Crippen LogP) is 5.16. The van der Waals surface area contributed by atoms with Gasteiger partial charge in [-0.2, -0.15) is 0 Å². The first-order valence-corrected chi connectivity index (χ1v) is 11.8. The van der Waals surface area contributed by atoms with Crippen molar-refractivity contribution >= 4 is 23.1 Å². The number of fused-ring (bicyclic) bond motifs is 1. The summed E-state index contributed by atoms with van der Waals surface area (Å²) in [7, 11) is 0. The van der Waals surface area contributed by atoms with Gasteiger partial charge in [0.2, 0.25) is 6.79 Å². The molecule has 1 aliphatic heterocycles. The van der Waals surface area contributed by atoms with Gasteiger partial charge < -0.3 is 18.8 Å². The van der Waals surface area contributed by atoms with E-state index in [0.29, 0.717) is 11.5 Å². The number of thiazole rings is 1. The van der Waals surface area contributed by atoms with Crippen molar-refractivity contribution in [1.29, 1.82) is 0 Å². The van der Waals surface area contributed by atoms with Crippen molar-refractivity contribution in [2.45, 2.75) is 31.0 Å². The Bertz CT molecular complexity index is 1230. The van der Waals surface area contributed by atoms with Gasteiger partial charge in [0.05, 0.1) is 5.69 Å². The van der Waals surface area contributed by atoms with Crippen LogP contribution in [0.1, 0.15) is 18.4 Å². The lowest BCUT2D eigenvalue weighted by molar-refractivity contribution is 0.174. The van der Waals surface area contributed by atoms with E-state index < -0.39 is 0 Å². The van der Waals surface area contributed by atoms with Crippen molar-refractivity contribution in [3.63, 3.8) is 0 Å². The molecule has 0 saturated carbocycles. The Morgan fingerprint density at radius 2 is 1.97 bits per heavy atom. The first kappa shape index (κ1) is 20.8. The van der Waals surface area contributed by atoms with Gasteiger partial charge in [-0.3, -0.25) is 0 Å². The number of thioether (sulfide) groups is 1. The van der Waals surface area contributed by atoms with Gasteiger partial charge in [-0.15, -0.1) is 21.5 Å². The molecular formula is C22H19FN4O3S2. The van der Waals surface area contributed by atoms with Crippen LogP contribution in [0.25, 0.3) is 10.6 Å². The Labute approximate surface area is 192 Å². The van der Waals surface area contributed by atoms with Gasteiger partial charge in [-0.25, -0.2) is 9.37 Å². The highest BCUT2D eigenvalue weighted by molar-refractivity contribution is 7.98. The summed E-state index contributed by atoms with van der Waals surface area (Å²) in [6.45, 7) is 3.28. The molecule has 0 fully saturated rings. The number of halogens is 1. The minimum atomic E-state index is -0.295. The molecule has 5 rings (SSSR count). The van der Waals surface area contributed by atoms with Gasteiger partial charge in [0.1, 0.15) is 23.2 Å². The largest absolute Gasteiger partial charge is 0.486 e. The fourth-order valence-corrected chi connectivity index (χ4v) is 5.04. The molecule has 0 amide bonds. The van der Waals surface area contributed by atoms with Crippen LogP contribution in [-0.4, -0.2) is 26.5 Å². The Hall–Kier alpha value is -3.11. The zero-order valence-electron chi connectivity index (χ0n) is 17.2. The number of nitrogens with zero attached hydrogens (tertiary/aromatic N) is 4. The quantitative estimate of drug-likeness (QED) is 0.329. The summed E-state index contributed by atoms with van der Waals surface area (Å²) in [5, 5.41) is 12.4. The smallest absolute Gasteiger partial charge is 0.231 e. The molecule has 4 aromatic rings. The predicted molar refractivity (Wildman–Crippen MR) is 120 cm³/mol. The first-order chi connectivity index (χ1) is 15.7. The van der Waals surface area contributed by atoms with E-state index in [4.69, 9.17) is 19.2 Å². The van der Waals surface area contributed by atoms with Gasteiger partial charge in [0.15, 0.2) is 22.5 Å². The van der Waals surface area contributed by atoms with E-state index in [1.165, 1.54) is 12.1 Å². The highest BCUT2D eigenvalue weighted by Crippen LogP contribution is 2.37. The molecule has 0 bridgehead atoms. The summed E-state index contributed by atoms with van der Waals surface area (Å²) in [5.41, 5.74) is 1.98. The Morgan fingerprint density at radius 1 is 1.12 bits per heavy atom. The van der Waals surface area contributed by atoms with E-state index in [-0.39, 0.29) is 19.2 Å². The summed E-state index contributed by atoms with van der Waals surface area (Å²) >= 11 is 3.18. The third kappa shape index (κ3) is 4.42. The van der Waals surface area contributed by atoms with Crippen LogP contribution >= 0.6 is 23.1 Å². The number of hydrogen-bond acceptors (Lipinski definition) is 8. The molecule has 2 aromatic heterocycles. The minimum absolute atomic E-state index is 0.258. The number of benzene rings is 2. The lowest BCUT2D eigenvalue weighted by atomic mass is 10.2. The molecule has 164 valence electrons. The summed E-state index contributed by atoms with van der Waals surface area (Å²) in [4.78, 5) is 4.75. The SMILES string of the molecule is CCn1c(COc2ccc(F)cc2)nnc1SCc1csc(-c2ccc3c(c2)OCO3)n1. The Balaban J connectivity index is 1.23. The van der Waals surface area contributed by atoms with Crippen molar-refractivity contribution in [3.05, 3.63) is 65.2 Å². The van der Waals surface area contributed by atoms with E-state index in [1.54, 1.807) is 35.2 Å². The highest BCUT2D eigenvalue weighted by atomic mass is 32.2. The maximum Gasteiger partial charge on any atom is 0.231 e. The molecule has 3 heterocycles. The molecule has 0 unspecified atom stereocenters. The van der Waals surface area contributed by atoms with Gasteiger partial charge in [-0.05, 0) is 49.4 Å². The second-order valence-electron chi connectivity index (χ2n) is 6.89. The summed E-state index contributed by atoms with van der Waals surface area (Å²) in [5.74, 6) is 3.21. The molecule has 0 saturated heterocycles. The first-order valence-electron chi connectivity index (χ1n) is 9.97. The average molecular weight is 471 g/mol. The van der Waals surface area contributed by atoms with E-state index >= 15 is 0 Å². The summed E-state index contributed by atoms with van der Waals surface area (Å²) in [6, 6.07) is 11.8. The zero-order chi connectivity index (χ0) is 21.9. The maximum absolute atomic E-state index is 13.0. The minimum Gasteiger partial charge on any atom is -0.486 e. The Kier molecular flexibility index (Phi) is 5.95. The fourth-order valence-electron chi connectivity index (χ4n) is 3.20. The van der Waals surface area contributed by atoms with E-state index in [9.17, 15) is 4.39 Å². The normalized spacial score (nSPS) is 12.3. The summed E-state index contributed by atoms with van der Waals surface area (Å²) < 4.78 is 31.6. The van der Waals surface area contributed by atoms with Crippen molar-refractivity contribution in [1.82, 2.24) is 19.7 Å². The van der Waals surface area contributed by atoms with Crippen LogP contribution in [0.2, 0.25) is 0 Å². The molecule has 2 aromatic carbocycles. The molecule has 0 spiro atoms. The second kappa shape index (κ2) is 9.17. The van der Waals surface area contributed by atoms with Crippen LogP contribution in [0.15, 0.2) is 53.0 Å². The van der Waals surface area contributed by atoms with Crippen LogP contribution in [0.4, 0.5) is 4.39 Å². The lowest BCUT2D eigenvalue weighted by Crippen LogP contribution is -2.07. The number of ether oxygens (including phenoxy) is 3. The molecule has 0 aliphatic carbocycles. The standard InChI is InChI=1S/C22H19FN4O3S2/c1-2-27-20(10-28-17-6-4-15(23)5-7-17)25-26-22(27)32-12-16-11-31-21(24-16)14-3-8-18-19(9-14)30-13-29-18/h3-9,11H,2,10,12-13H2,1H3. The van der Waals surface area contributed by atoms with Crippen LogP contribution < -0.4 is 14.2 Å². The zero-order valence-corrected chi connectivity index (χ0v) is 18.8. The van der Waals surface area contributed by atoms with Crippen molar-refractivity contribution in [3.8, 4) is 27.8 Å². The van der Waals surface area contributed by atoms with E-state index in [0.717, 1.165) is 45.3 Å².